The lowest BCUT2D eigenvalue weighted by molar-refractivity contribution is 0.0404. The molecule has 1 fully saturated rings. The molecule has 4 nitrogen and oxygen atoms in total. The molecular formula is C9H15N3O. The molecule has 0 aliphatic carbocycles. The number of hydrogen-bond acceptors (Lipinski definition) is 3. The summed E-state index contributed by atoms with van der Waals surface area (Å²) in [6.07, 6.45) is 4.05. The first-order chi connectivity index (χ1) is 6.21. The zero-order valence-corrected chi connectivity index (χ0v) is 7.84. The molecule has 0 aromatic carbocycles. The number of nitrogens with one attached hydrogen (secondary N) is 1. The van der Waals surface area contributed by atoms with E-state index in [4.69, 9.17) is 10.5 Å². The van der Waals surface area contributed by atoms with Gasteiger partial charge in [-0.05, 0) is 12.8 Å². The van der Waals surface area contributed by atoms with Gasteiger partial charge in [0.2, 0.25) is 0 Å². The molecule has 1 aromatic heterocycles. The second-order valence-corrected chi connectivity index (χ2v) is 3.90. The molecule has 1 saturated heterocycles. The molecule has 0 bridgehead atoms. The summed E-state index contributed by atoms with van der Waals surface area (Å²) in [6.45, 7) is 3.81. The van der Waals surface area contributed by atoms with Crippen molar-refractivity contribution in [3.63, 3.8) is 0 Å². The number of H-pyrrole nitrogens is 1. The molecule has 1 aliphatic rings. The van der Waals surface area contributed by atoms with Crippen molar-refractivity contribution in [3.05, 3.63) is 11.9 Å². The zero-order valence-electron chi connectivity index (χ0n) is 7.84. The van der Waals surface area contributed by atoms with Gasteiger partial charge in [-0.3, -0.25) is 0 Å². The second-order valence-electron chi connectivity index (χ2n) is 3.90. The topological polar surface area (TPSA) is 63.9 Å². The van der Waals surface area contributed by atoms with Gasteiger partial charge in [0.05, 0.1) is 12.8 Å². The summed E-state index contributed by atoms with van der Waals surface area (Å²) in [5, 5.41) is 0. The highest BCUT2D eigenvalue weighted by Crippen LogP contribution is 2.31. The molecule has 0 saturated carbocycles. The van der Waals surface area contributed by atoms with Crippen molar-refractivity contribution in [2.24, 2.45) is 0 Å². The van der Waals surface area contributed by atoms with Crippen molar-refractivity contribution in [2.45, 2.75) is 25.2 Å². The van der Waals surface area contributed by atoms with Crippen molar-refractivity contribution in [3.8, 4) is 0 Å². The lowest BCUT2D eigenvalue weighted by Gasteiger charge is -2.32. The Labute approximate surface area is 77.5 Å². The number of nitrogen functional groups attached to an aromatic ring is 1. The lowest BCUT2D eigenvalue weighted by Crippen LogP contribution is -2.33. The number of rotatable bonds is 1. The van der Waals surface area contributed by atoms with Gasteiger partial charge in [-0.15, -0.1) is 0 Å². The monoisotopic (exact) mass is 181 g/mol. The fraction of sp³-hybridized carbons (Fsp3) is 0.667. The van der Waals surface area contributed by atoms with Crippen molar-refractivity contribution in [1.82, 2.24) is 9.97 Å². The van der Waals surface area contributed by atoms with Gasteiger partial charge >= 0.3 is 0 Å². The van der Waals surface area contributed by atoms with E-state index in [2.05, 4.69) is 16.9 Å². The molecule has 1 atom stereocenters. The Kier molecular flexibility index (Phi) is 2.00. The third kappa shape index (κ3) is 1.54. The molecular weight excluding hydrogens is 166 g/mol. The highest BCUT2D eigenvalue weighted by molar-refractivity contribution is 5.24. The van der Waals surface area contributed by atoms with E-state index in [0.717, 1.165) is 31.7 Å². The van der Waals surface area contributed by atoms with E-state index in [0.29, 0.717) is 5.95 Å². The minimum Gasteiger partial charge on any atom is -0.380 e. The Bertz CT molecular complexity index is 289. The Balaban J connectivity index is 2.22. The summed E-state index contributed by atoms with van der Waals surface area (Å²) in [6, 6.07) is 0. The first kappa shape index (κ1) is 8.56. The maximum absolute atomic E-state index is 5.54. The Morgan fingerprint density at radius 1 is 1.69 bits per heavy atom. The van der Waals surface area contributed by atoms with Crippen LogP contribution < -0.4 is 5.73 Å². The largest absolute Gasteiger partial charge is 0.380 e. The Morgan fingerprint density at radius 3 is 3.08 bits per heavy atom. The number of imidazole rings is 1. The predicted octanol–water partition coefficient (Wildman–Crippen LogP) is 1.06. The molecule has 4 heteroatoms. The summed E-state index contributed by atoms with van der Waals surface area (Å²) in [7, 11) is 0. The van der Waals surface area contributed by atoms with Crippen LogP contribution in [0.25, 0.3) is 0 Å². The van der Waals surface area contributed by atoms with Crippen LogP contribution in [0.3, 0.4) is 0 Å². The van der Waals surface area contributed by atoms with Crippen LogP contribution in [0, 0.1) is 0 Å². The van der Waals surface area contributed by atoms with E-state index in [1.54, 1.807) is 0 Å². The summed E-state index contributed by atoms with van der Waals surface area (Å²) in [5.74, 6) is 0.488. The number of hydrogen-bond donors (Lipinski definition) is 2. The second kappa shape index (κ2) is 3.03. The van der Waals surface area contributed by atoms with E-state index in [1.807, 2.05) is 6.20 Å². The van der Waals surface area contributed by atoms with Gasteiger partial charge in [0.25, 0.3) is 0 Å². The van der Waals surface area contributed by atoms with E-state index in [-0.39, 0.29) is 5.41 Å². The molecule has 2 rings (SSSR count). The number of ether oxygens (including phenoxy) is 1. The molecule has 1 aromatic rings. The van der Waals surface area contributed by atoms with Gasteiger partial charge in [0.15, 0.2) is 5.95 Å². The molecule has 13 heavy (non-hydrogen) atoms. The third-order valence-electron chi connectivity index (χ3n) is 2.68. The smallest absolute Gasteiger partial charge is 0.197 e. The number of aromatic amines is 1. The molecule has 0 amide bonds. The number of nitrogens with zero attached hydrogens (tertiary/aromatic N) is 1. The minimum absolute atomic E-state index is 0.0723. The average molecular weight is 181 g/mol. The van der Waals surface area contributed by atoms with E-state index < -0.39 is 0 Å². The highest BCUT2D eigenvalue weighted by atomic mass is 16.5. The third-order valence-corrected chi connectivity index (χ3v) is 2.68. The van der Waals surface area contributed by atoms with Crippen LogP contribution in [0.15, 0.2) is 6.20 Å². The molecule has 0 spiro atoms. The predicted molar refractivity (Wildman–Crippen MR) is 50.4 cm³/mol. The molecule has 1 unspecified atom stereocenters. The first-order valence-corrected chi connectivity index (χ1v) is 4.59. The lowest BCUT2D eigenvalue weighted by atomic mass is 9.82. The van der Waals surface area contributed by atoms with E-state index in [9.17, 15) is 0 Å². The van der Waals surface area contributed by atoms with Crippen LogP contribution in [-0.4, -0.2) is 23.2 Å². The molecule has 2 heterocycles. The highest BCUT2D eigenvalue weighted by Gasteiger charge is 2.31. The Morgan fingerprint density at radius 2 is 2.54 bits per heavy atom. The van der Waals surface area contributed by atoms with Gasteiger partial charge in [-0.2, -0.15) is 0 Å². The fourth-order valence-electron chi connectivity index (χ4n) is 1.79. The Hall–Kier alpha value is -1.03. The standard InChI is InChI=1S/C9H15N3O/c1-9(3-2-4-13-6-9)7-5-11-8(10)12-7/h5H,2-4,6H2,1H3,(H3,10,11,12). The summed E-state index contributed by atoms with van der Waals surface area (Å²) < 4.78 is 5.46. The average Bonchev–Trinajstić information content (AvgIpc) is 2.54. The minimum atomic E-state index is 0.0723. The number of nitrogens with two attached hydrogens (primary N) is 1. The van der Waals surface area contributed by atoms with E-state index in [1.165, 1.54) is 0 Å². The van der Waals surface area contributed by atoms with Crippen LogP contribution in [0.1, 0.15) is 25.5 Å². The summed E-state index contributed by atoms with van der Waals surface area (Å²) in [5.41, 5.74) is 6.70. The van der Waals surface area contributed by atoms with Gasteiger partial charge < -0.3 is 15.5 Å². The molecule has 3 N–H and O–H groups in total. The summed E-state index contributed by atoms with van der Waals surface area (Å²) >= 11 is 0. The van der Waals surface area contributed by atoms with Crippen molar-refractivity contribution >= 4 is 5.95 Å². The van der Waals surface area contributed by atoms with Crippen LogP contribution in [0.5, 0.6) is 0 Å². The van der Waals surface area contributed by atoms with Crippen molar-refractivity contribution in [1.29, 1.82) is 0 Å². The normalized spacial score (nSPS) is 29.0. The maximum atomic E-state index is 5.54. The van der Waals surface area contributed by atoms with Crippen LogP contribution >= 0.6 is 0 Å². The van der Waals surface area contributed by atoms with Crippen LogP contribution in [0.4, 0.5) is 5.95 Å². The van der Waals surface area contributed by atoms with Crippen molar-refractivity contribution < 1.29 is 4.74 Å². The quantitative estimate of drug-likeness (QED) is 0.681. The molecule has 1 aliphatic heterocycles. The van der Waals surface area contributed by atoms with Gasteiger partial charge in [-0.25, -0.2) is 4.98 Å². The summed E-state index contributed by atoms with van der Waals surface area (Å²) in [4.78, 5) is 7.08. The number of aromatic nitrogens is 2. The SMILES string of the molecule is CC1(c2cnc(N)[nH]2)CCCOC1. The van der Waals surface area contributed by atoms with Crippen molar-refractivity contribution in [2.75, 3.05) is 18.9 Å². The van der Waals surface area contributed by atoms with Gasteiger partial charge in [0, 0.05) is 17.7 Å². The fourth-order valence-corrected chi connectivity index (χ4v) is 1.79. The van der Waals surface area contributed by atoms with Crippen LogP contribution in [-0.2, 0) is 10.2 Å². The van der Waals surface area contributed by atoms with Gasteiger partial charge in [0.1, 0.15) is 0 Å². The molecule has 72 valence electrons. The zero-order chi connectivity index (χ0) is 9.31. The van der Waals surface area contributed by atoms with Crippen LogP contribution in [0.2, 0.25) is 0 Å². The first-order valence-electron chi connectivity index (χ1n) is 4.59. The molecule has 0 radical (unpaired) electrons. The van der Waals surface area contributed by atoms with Gasteiger partial charge in [-0.1, -0.05) is 6.92 Å². The number of anilines is 1. The maximum Gasteiger partial charge on any atom is 0.197 e. The van der Waals surface area contributed by atoms with E-state index >= 15 is 0 Å².